The zero-order valence-corrected chi connectivity index (χ0v) is 13.6. The Kier molecular flexibility index (Phi) is 7.76. The third kappa shape index (κ3) is 5.69. The number of nitrogens with one attached hydrogen (secondary N) is 1. The first-order valence-corrected chi connectivity index (χ1v) is 7.74. The first kappa shape index (κ1) is 16.8. The number of nitrogens with two attached hydrogens (primary N) is 1. The first-order chi connectivity index (χ1) is 9.06. The summed E-state index contributed by atoms with van der Waals surface area (Å²) in [6.07, 6.45) is 4.42. The predicted octanol–water partition coefficient (Wildman–Crippen LogP) is 4.60. The van der Waals surface area contributed by atoms with Crippen molar-refractivity contribution in [1.29, 1.82) is 0 Å². The van der Waals surface area contributed by atoms with Gasteiger partial charge in [-0.1, -0.05) is 36.0 Å². The Labute approximate surface area is 132 Å². The van der Waals surface area contributed by atoms with Crippen LogP contribution in [0.15, 0.2) is 16.6 Å². The fourth-order valence-electron chi connectivity index (χ4n) is 1.62. The molecular formula is C13H17BrCl2N2O. The predicted molar refractivity (Wildman–Crippen MR) is 84.9 cm³/mol. The van der Waals surface area contributed by atoms with Crippen LogP contribution in [0.4, 0.5) is 5.69 Å². The Morgan fingerprint density at radius 1 is 1.16 bits per heavy atom. The van der Waals surface area contributed by atoms with Gasteiger partial charge in [-0.3, -0.25) is 4.79 Å². The molecule has 0 aliphatic heterocycles. The molecule has 1 rings (SSSR count). The molecule has 1 aromatic rings. The van der Waals surface area contributed by atoms with E-state index in [-0.39, 0.29) is 5.91 Å². The van der Waals surface area contributed by atoms with Crippen LogP contribution in [0.5, 0.6) is 0 Å². The number of carbonyl (C=O) groups is 1. The summed E-state index contributed by atoms with van der Waals surface area (Å²) in [6.45, 7) is 0.708. The van der Waals surface area contributed by atoms with Gasteiger partial charge in [0.1, 0.15) is 0 Å². The molecule has 3 N–H and O–H groups in total. The maximum Gasteiger partial charge on any atom is 0.224 e. The molecule has 0 spiro atoms. The normalized spacial score (nSPS) is 10.5. The Balaban J connectivity index is 2.42. The van der Waals surface area contributed by atoms with Gasteiger partial charge in [-0.05, 0) is 47.4 Å². The van der Waals surface area contributed by atoms with Gasteiger partial charge in [0.25, 0.3) is 0 Å². The Hall–Kier alpha value is -0.290. The van der Waals surface area contributed by atoms with Crippen LogP contribution < -0.4 is 11.1 Å². The molecule has 0 fully saturated rings. The van der Waals surface area contributed by atoms with Crippen molar-refractivity contribution >= 4 is 50.7 Å². The fourth-order valence-corrected chi connectivity index (χ4v) is 2.44. The number of unbranched alkanes of at least 4 members (excludes halogenated alkanes) is 3. The summed E-state index contributed by atoms with van der Waals surface area (Å²) >= 11 is 15.3. The van der Waals surface area contributed by atoms with Gasteiger partial charge in [0, 0.05) is 10.9 Å². The van der Waals surface area contributed by atoms with Crippen molar-refractivity contribution in [1.82, 2.24) is 0 Å². The fraction of sp³-hybridized carbons (Fsp3) is 0.462. The molecule has 6 heteroatoms. The summed E-state index contributed by atoms with van der Waals surface area (Å²) in [4.78, 5) is 11.7. The van der Waals surface area contributed by atoms with Gasteiger partial charge in [0.05, 0.1) is 15.7 Å². The number of anilines is 1. The molecule has 106 valence electrons. The lowest BCUT2D eigenvalue weighted by atomic mass is 10.1. The van der Waals surface area contributed by atoms with E-state index in [9.17, 15) is 4.79 Å². The lowest BCUT2D eigenvalue weighted by Crippen LogP contribution is -2.11. The van der Waals surface area contributed by atoms with E-state index in [4.69, 9.17) is 28.9 Å². The van der Waals surface area contributed by atoms with Crippen molar-refractivity contribution in [3.05, 3.63) is 26.7 Å². The van der Waals surface area contributed by atoms with E-state index < -0.39 is 0 Å². The SMILES string of the molecule is NCCCCCCC(=O)Nc1ccc(Br)c(Cl)c1Cl. The van der Waals surface area contributed by atoms with Crippen molar-refractivity contribution in [2.75, 3.05) is 11.9 Å². The van der Waals surface area contributed by atoms with Gasteiger partial charge in [-0.25, -0.2) is 0 Å². The quantitative estimate of drug-likeness (QED) is 0.546. The zero-order valence-electron chi connectivity index (χ0n) is 10.5. The summed E-state index contributed by atoms with van der Waals surface area (Å²) in [5.41, 5.74) is 5.95. The lowest BCUT2D eigenvalue weighted by Gasteiger charge is -2.09. The molecule has 0 aliphatic rings. The number of carbonyl (C=O) groups excluding carboxylic acids is 1. The average molecular weight is 368 g/mol. The monoisotopic (exact) mass is 366 g/mol. The van der Waals surface area contributed by atoms with Crippen molar-refractivity contribution in [2.24, 2.45) is 5.73 Å². The summed E-state index contributed by atoms with van der Waals surface area (Å²) < 4.78 is 0.707. The lowest BCUT2D eigenvalue weighted by molar-refractivity contribution is -0.116. The number of hydrogen-bond acceptors (Lipinski definition) is 2. The van der Waals surface area contributed by atoms with Gasteiger partial charge in [-0.2, -0.15) is 0 Å². The van der Waals surface area contributed by atoms with Crippen LogP contribution >= 0.6 is 39.1 Å². The van der Waals surface area contributed by atoms with Crippen LogP contribution in [0, 0.1) is 0 Å². The highest BCUT2D eigenvalue weighted by Gasteiger charge is 2.10. The summed E-state index contributed by atoms with van der Waals surface area (Å²) in [6, 6.07) is 3.48. The van der Waals surface area contributed by atoms with Crippen LogP contribution in [0.2, 0.25) is 10.0 Å². The zero-order chi connectivity index (χ0) is 14.3. The third-order valence-corrected chi connectivity index (χ3v) is 4.44. The van der Waals surface area contributed by atoms with Gasteiger partial charge in [0.15, 0.2) is 0 Å². The number of hydrogen-bond donors (Lipinski definition) is 2. The van der Waals surface area contributed by atoms with Gasteiger partial charge in [-0.15, -0.1) is 0 Å². The Bertz CT molecular complexity index is 441. The first-order valence-electron chi connectivity index (χ1n) is 6.19. The highest BCUT2D eigenvalue weighted by atomic mass is 79.9. The molecule has 0 radical (unpaired) electrons. The second-order valence-corrected chi connectivity index (χ2v) is 5.83. The van der Waals surface area contributed by atoms with E-state index in [1.54, 1.807) is 12.1 Å². The Morgan fingerprint density at radius 2 is 1.84 bits per heavy atom. The number of halogens is 3. The van der Waals surface area contributed by atoms with E-state index in [1.807, 2.05) is 0 Å². The largest absolute Gasteiger partial charge is 0.330 e. The van der Waals surface area contributed by atoms with Gasteiger partial charge in [0.2, 0.25) is 5.91 Å². The van der Waals surface area contributed by atoms with Crippen LogP contribution in [0.1, 0.15) is 32.1 Å². The number of amides is 1. The van der Waals surface area contributed by atoms with Crippen LogP contribution in [-0.2, 0) is 4.79 Å². The van der Waals surface area contributed by atoms with Crippen molar-refractivity contribution in [3.8, 4) is 0 Å². The minimum atomic E-state index is -0.0481. The standard InChI is InChI=1S/C13H17BrCl2N2O/c14-9-6-7-10(13(16)12(9)15)18-11(19)5-3-1-2-4-8-17/h6-7H,1-5,8,17H2,(H,18,19). The second kappa shape index (κ2) is 8.80. The van der Waals surface area contributed by atoms with Crippen LogP contribution in [0.25, 0.3) is 0 Å². The van der Waals surface area contributed by atoms with Crippen LogP contribution in [0.3, 0.4) is 0 Å². The van der Waals surface area contributed by atoms with Gasteiger partial charge < -0.3 is 11.1 Å². The maximum absolute atomic E-state index is 11.7. The third-order valence-electron chi connectivity index (χ3n) is 2.67. The summed E-state index contributed by atoms with van der Waals surface area (Å²) in [5.74, 6) is -0.0481. The number of benzene rings is 1. The average Bonchev–Trinajstić information content (AvgIpc) is 2.39. The number of rotatable bonds is 7. The molecule has 0 saturated carbocycles. The second-order valence-electron chi connectivity index (χ2n) is 4.22. The Morgan fingerprint density at radius 3 is 2.53 bits per heavy atom. The van der Waals surface area contributed by atoms with Crippen molar-refractivity contribution in [2.45, 2.75) is 32.1 Å². The van der Waals surface area contributed by atoms with E-state index in [2.05, 4.69) is 21.2 Å². The van der Waals surface area contributed by atoms with Crippen molar-refractivity contribution in [3.63, 3.8) is 0 Å². The molecule has 3 nitrogen and oxygen atoms in total. The van der Waals surface area contributed by atoms with E-state index in [0.29, 0.717) is 33.2 Å². The molecule has 0 aromatic heterocycles. The van der Waals surface area contributed by atoms with E-state index in [0.717, 1.165) is 25.7 Å². The molecule has 0 unspecified atom stereocenters. The maximum atomic E-state index is 11.7. The highest BCUT2D eigenvalue weighted by Crippen LogP contribution is 2.35. The molecule has 0 aliphatic carbocycles. The summed E-state index contributed by atoms with van der Waals surface area (Å²) in [7, 11) is 0. The van der Waals surface area contributed by atoms with Crippen molar-refractivity contribution < 1.29 is 4.79 Å². The summed E-state index contributed by atoms with van der Waals surface area (Å²) in [5, 5.41) is 3.53. The molecular weight excluding hydrogens is 351 g/mol. The molecule has 1 amide bonds. The highest BCUT2D eigenvalue weighted by molar-refractivity contribution is 9.10. The minimum Gasteiger partial charge on any atom is -0.330 e. The minimum absolute atomic E-state index is 0.0481. The van der Waals surface area contributed by atoms with Gasteiger partial charge >= 0.3 is 0 Å². The molecule has 0 saturated heterocycles. The smallest absolute Gasteiger partial charge is 0.224 e. The molecule has 0 atom stereocenters. The van der Waals surface area contributed by atoms with Crippen LogP contribution in [-0.4, -0.2) is 12.5 Å². The molecule has 19 heavy (non-hydrogen) atoms. The van der Waals surface area contributed by atoms with E-state index >= 15 is 0 Å². The van der Waals surface area contributed by atoms with E-state index in [1.165, 1.54) is 0 Å². The molecule has 1 aromatic carbocycles. The molecule has 0 bridgehead atoms. The molecule has 0 heterocycles. The topological polar surface area (TPSA) is 55.1 Å².